The van der Waals surface area contributed by atoms with Crippen LogP contribution in [0.4, 0.5) is 5.69 Å². The van der Waals surface area contributed by atoms with E-state index in [-0.39, 0.29) is 18.3 Å². The summed E-state index contributed by atoms with van der Waals surface area (Å²) in [4.78, 5) is 14.6. The summed E-state index contributed by atoms with van der Waals surface area (Å²) in [6, 6.07) is 13.7. The van der Waals surface area contributed by atoms with Crippen LogP contribution >= 0.6 is 0 Å². The van der Waals surface area contributed by atoms with Crippen LogP contribution in [0.3, 0.4) is 0 Å². The van der Waals surface area contributed by atoms with E-state index in [4.69, 9.17) is 31.6 Å². The number of benzene rings is 2. The van der Waals surface area contributed by atoms with Gasteiger partial charge >= 0.3 is 0 Å². The fourth-order valence-electron chi connectivity index (χ4n) is 5.22. The molecule has 2 aromatic carbocycles. The molecule has 7 heteroatoms. The standard InChI is InChI=1S/C25H28N4O3/c1-15-10-19(11-16(2)30-15)23-14-25(28-24(26)29(4)32-25)21-13-18(8-9-22(21)31-23)17-6-5-7-20(12-17)27-3/h5-9,12-13,15-16,19,23H,10-11,14H2,1-2,4H3,(H2,26,28). The van der Waals surface area contributed by atoms with Gasteiger partial charge in [-0.05, 0) is 56.0 Å². The summed E-state index contributed by atoms with van der Waals surface area (Å²) in [7, 11) is 1.78. The van der Waals surface area contributed by atoms with E-state index >= 15 is 0 Å². The second-order valence-electron chi connectivity index (χ2n) is 9.07. The van der Waals surface area contributed by atoms with Gasteiger partial charge in [0.15, 0.2) is 5.69 Å². The average Bonchev–Trinajstić information content (AvgIpc) is 3.06. The molecule has 2 aromatic rings. The van der Waals surface area contributed by atoms with Gasteiger partial charge in [0, 0.05) is 19.4 Å². The number of fused-ring (bicyclic) bond motifs is 2. The number of hydrogen-bond acceptors (Lipinski definition) is 6. The average molecular weight is 433 g/mol. The van der Waals surface area contributed by atoms with Crippen LogP contribution in [-0.4, -0.2) is 36.4 Å². The summed E-state index contributed by atoms with van der Waals surface area (Å²) in [5.41, 5.74) is 8.65. The van der Waals surface area contributed by atoms with Gasteiger partial charge in [-0.15, -0.1) is 0 Å². The molecule has 0 bridgehead atoms. The van der Waals surface area contributed by atoms with Gasteiger partial charge in [0.25, 0.3) is 0 Å². The quantitative estimate of drug-likeness (QED) is 0.702. The van der Waals surface area contributed by atoms with Crippen molar-refractivity contribution in [2.75, 3.05) is 7.05 Å². The monoisotopic (exact) mass is 432 g/mol. The summed E-state index contributed by atoms with van der Waals surface area (Å²) in [6.45, 7) is 11.6. The highest BCUT2D eigenvalue weighted by Crippen LogP contribution is 2.49. The molecule has 0 saturated carbocycles. The Labute approximate surface area is 188 Å². The van der Waals surface area contributed by atoms with E-state index in [9.17, 15) is 0 Å². The van der Waals surface area contributed by atoms with Gasteiger partial charge in [0.2, 0.25) is 11.7 Å². The minimum Gasteiger partial charge on any atom is -0.489 e. The molecule has 1 spiro atoms. The largest absolute Gasteiger partial charge is 0.489 e. The fraction of sp³-hybridized carbons (Fsp3) is 0.440. The molecule has 0 aromatic heterocycles. The van der Waals surface area contributed by atoms with Crippen LogP contribution in [0.5, 0.6) is 5.75 Å². The van der Waals surface area contributed by atoms with Crippen molar-refractivity contribution in [1.82, 2.24) is 5.06 Å². The molecule has 32 heavy (non-hydrogen) atoms. The molecule has 3 aliphatic rings. The molecular formula is C25H28N4O3. The van der Waals surface area contributed by atoms with E-state index < -0.39 is 5.72 Å². The number of nitrogens with zero attached hydrogens (tertiary/aromatic N) is 3. The van der Waals surface area contributed by atoms with Gasteiger partial charge in [0.05, 0.1) is 24.3 Å². The molecule has 3 heterocycles. The van der Waals surface area contributed by atoms with Crippen molar-refractivity contribution < 1.29 is 14.3 Å². The van der Waals surface area contributed by atoms with E-state index in [0.29, 0.717) is 24.0 Å². The minimum atomic E-state index is -0.921. The molecule has 0 radical (unpaired) electrons. The second-order valence-corrected chi connectivity index (χ2v) is 9.07. The van der Waals surface area contributed by atoms with Gasteiger partial charge in [-0.2, -0.15) is 0 Å². The first-order chi connectivity index (χ1) is 15.4. The van der Waals surface area contributed by atoms with Crippen LogP contribution < -0.4 is 10.5 Å². The summed E-state index contributed by atoms with van der Waals surface area (Å²) >= 11 is 0. The summed E-state index contributed by atoms with van der Waals surface area (Å²) in [5, 5.41) is 1.54. The molecule has 2 N–H and O–H groups in total. The van der Waals surface area contributed by atoms with Crippen LogP contribution in [0.15, 0.2) is 47.5 Å². The summed E-state index contributed by atoms with van der Waals surface area (Å²) in [6.07, 6.45) is 2.81. The highest BCUT2D eigenvalue weighted by atomic mass is 16.7. The van der Waals surface area contributed by atoms with Crippen LogP contribution in [0.25, 0.3) is 16.0 Å². The van der Waals surface area contributed by atoms with Gasteiger partial charge in [-0.1, -0.05) is 24.3 Å². The molecular weight excluding hydrogens is 404 g/mol. The molecule has 4 unspecified atom stereocenters. The zero-order valence-corrected chi connectivity index (χ0v) is 18.6. The Morgan fingerprint density at radius 2 is 1.88 bits per heavy atom. The van der Waals surface area contributed by atoms with E-state index in [1.807, 2.05) is 30.3 Å². The van der Waals surface area contributed by atoms with Gasteiger partial charge in [0.1, 0.15) is 11.9 Å². The Morgan fingerprint density at radius 3 is 2.56 bits per heavy atom. The minimum absolute atomic E-state index is 0.0457. The van der Waals surface area contributed by atoms with Crippen molar-refractivity contribution in [3.63, 3.8) is 0 Å². The Balaban J connectivity index is 1.56. The van der Waals surface area contributed by atoms with Crippen molar-refractivity contribution in [2.45, 2.75) is 57.1 Å². The number of nitrogens with two attached hydrogens (primary N) is 1. The predicted molar refractivity (Wildman–Crippen MR) is 122 cm³/mol. The van der Waals surface area contributed by atoms with Crippen molar-refractivity contribution in [3.8, 4) is 16.9 Å². The van der Waals surface area contributed by atoms with Gasteiger partial charge in [-0.3, -0.25) is 0 Å². The van der Waals surface area contributed by atoms with E-state index in [0.717, 1.165) is 35.3 Å². The maximum atomic E-state index is 7.32. The van der Waals surface area contributed by atoms with Crippen molar-refractivity contribution in [2.24, 2.45) is 16.6 Å². The molecule has 1 fully saturated rings. The van der Waals surface area contributed by atoms with E-state index in [2.05, 4.69) is 24.8 Å². The lowest BCUT2D eigenvalue weighted by atomic mass is 9.80. The topological polar surface area (TPSA) is 73.7 Å². The van der Waals surface area contributed by atoms with Gasteiger partial charge in [-0.25, -0.2) is 19.7 Å². The molecule has 166 valence electrons. The summed E-state index contributed by atoms with van der Waals surface area (Å²) in [5.74, 6) is 1.47. The van der Waals surface area contributed by atoms with E-state index in [1.54, 1.807) is 13.1 Å². The Hall–Kier alpha value is -3.08. The third-order valence-corrected chi connectivity index (χ3v) is 6.63. The first-order valence-corrected chi connectivity index (χ1v) is 11.1. The van der Waals surface area contributed by atoms with Crippen molar-refractivity contribution in [3.05, 3.63) is 59.4 Å². The third kappa shape index (κ3) is 3.60. The SMILES string of the molecule is [C-]#[N+]c1cccc(-c2ccc3c(c2)C2(CC(C4CC(C)OC(C)C4)O3)N=C(N)N(C)O2)c1. The van der Waals surface area contributed by atoms with Crippen LogP contribution in [0.1, 0.15) is 38.7 Å². The normalized spacial score (nSPS) is 31.6. The molecule has 1 saturated heterocycles. The summed E-state index contributed by atoms with van der Waals surface area (Å²) < 4.78 is 12.5. The molecule has 0 amide bonds. The van der Waals surface area contributed by atoms with Crippen LogP contribution in [0, 0.1) is 12.5 Å². The maximum absolute atomic E-state index is 7.32. The number of aliphatic imine (C=N–C) groups is 1. The first-order valence-electron chi connectivity index (χ1n) is 11.1. The predicted octanol–water partition coefficient (Wildman–Crippen LogP) is 4.60. The molecule has 4 atom stereocenters. The Morgan fingerprint density at radius 1 is 1.12 bits per heavy atom. The smallest absolute Gasteiger partial charge is 0.221 e. The van der Waals surface area contributed by atoms with Crippen LogP contribution in [-0.2, 0) is 15.3 Å². The first kappa shape index (κ1) is 20.8. The number of rotatable bonds is 2. The number of hydrogen-bond donors (Lipinski definition) is 1. The maximum Gasteiger partial charge on any atom is 0.221 e. The zero-order valence-electron chi connectivity index (χ0n) is 18.6. The lowest BCUT2D eigenvalue weighted by molar-refractivity contribution is -0.198. The van der Waals surface area contributed by atoms with Gasteiger partial charge < -0.3 is 15.2 Å². The fourth-order valence-corrected chi connectivity index (χ4v) is 5.22. The molecule has 5 rings (SSSR count). The molecule has 7 nitrogen and oxygen atoms in total. The van der Waals surface area contributed by atoms with Crippen molar-refractivity contribution in [1.29, 1.82) is 0 Å². The van der Waals surface area contributed by atoms with Crippen LogP contribution in [0.2, 0.25) is 0 Å². The van der Waals surface area contributed by atoms with Crippen molar-refractivity contribution >= 4 is 11.6 Å². The Kier molecular flexibility index (Phi) is 5.07. The Bertz CT molecular complexity index is 1100. The lowest BCUT2D eigenvalue weighted by Gasteiger charge is -2.43. The lowest BCUT2D eigenvalue weighted by Crippen LogP contribution is -2.45. The second kappa shape index (κ2) is 7.80. The number of guanidine groups is 1. The zero-order chi connectivity index (χ0) is 22.5. The highest BCUT2D eigenvalue weighted by molar-refractivity contribution is 5.79. The highest BCUT2D eigenvalue weighted by Gasteiger charge is 2.50. The molecule has 0 aliphatic carbocycles. The number of ether oxygens (including phenoxy) is 2. The third-order valence-electron chi connectivity index (χ3n) is 6.63. The number of hydroxylamine groups is 2. The van der Waals surface area contributed by atoms with E-state index in [1.165, 1.54) is 5.06 Å². The molecule has 3 aliphatic heterocycles.